The molecule has 1 N–H and O–H groups in total. The van der Waals surface area contributed by atoms with Crippen molar-refractivity contribution in [2.24, 2.45) is 17.3 Å². The summed E-state index contributed by atoms with van der Waals surface area (Å²) in [5.41, 5.74) is 0.209. The molecule has 2 heteroatoms. The number of rotatable bonds is 3. The van der Waals surface area contributed by atoms with Crippen LogP contribution in [0, 0.1) is 17.3 Å². The number of hydrogen-bond donors (Lipinski definition) is 1. The third kappa shape index (κ3) is 2.73. The molecule has 1 fully saturated rings. The Morgan fingerprint density at radius 1 is 1.50 bits per heavy atom. The highest BCUT2D eigenvalue weighted by Crippen LogP contribution is 2.42. The van der Waals surface area contributed by atoms with Gasteiger partial charge >= 0.3 is 0 Å². The molecule has 0 bridgehead atoms. The second kappa shape index (κ2) is 4.33. The van der Waals surface area contributed by atoms with Crippen molar-refractivity contribution in [3.63, 3.8) is 0 Å². The maximum Gasteiger partial charge on any atom is 0.223 e. The molecule has 14 heavy (non-hydrogen) atoms. The Kier molecular flexibility index (Phi) is 3.57. The van der Waals surface area contributed by atoms with Crippen molar-refractivity contribution in [2.75, 3.05) is 6.54 Å². The lowest BCUT2D eigenvalue weighted by Gasteiger charge is -2.26. The summed E-state index contributed by atoms with van der Waals surface area (Å²) >= 11 is 0. The van der Waals surface area contributed by atoms with Gasteiger partial charge < -0.3 is 5.32 Å². The van der Waals surface area contributed by atoms with E-state index in [1.165, 1.54) is 12.8 Å². The zero-order valence-electron chi connectivity index (χ0n) is 9.89. The van der Waals surface area contributed by atoms with Crippen LogP contribution in [-0.4, -0.2) is 12.5 Å². The van der Waals surface area contributed by atoms with Gasteiger partial charge in [0.1, 0.15) is 0 Å². The molecule has 0 spiro atoms. The van der Waals surface area contributed by atoms with Crippen molar-refractivity contribution in [1.29, 1.82) is 0 Å². The molecule has 1 saturated carbocycles. The van der Waals surface area contributed by atoms with Gasteiger partial charge in [0.15, 0.2) is 0 Å². The molecule has 0 heterocycles. The van der Waals surface area contributed by atoms with Crippen molar-refractivity contribution in [3.05, 3.63) is 0 Å². The molecular formula is C12H23NO. The van der Waals surface area contributed by atoms with Crippen LogP contribution < -0.4 is 5.32 Å². The fourth-order valence-electron chi connectivity index (χ4n) is 2.24. The first-order valence-electron chi connectivity index (χ1n) is 5.71. The van der Waals surface area contributed by atoms with Crippen molar-refractivity contribution >= 4 is 5.91 Å². The first-order valence-corrected chi connectivity index (χ1v) is 5.71. The van der Waals surface area contributed by atoms with Gasteiger partial charge in [-0.1, -0.05) is 34.1 Å². The Morgan fingerprint density at radius 3 is 2.57 bits per heavy atom. The van der Waals surface area contributed by atoms with Gasteiger partial charge in [0.05, 0.1) is 0 Å². The highest BCUT2D eigenvalue weighted by Gasteiger charge is 2.38. The van der Waals surface area contributed by atoms with Crippen LogP contribution in [0.4, 0.5) is 0 Å². The van der Waals surface area contributed by atoms with Crippen LogP contribution in [0.1, 0.15) is 47.0 Å². The SMILES string of the molecule is CC(C)CNC(=O)C1CCCC1(C)C. The van der Waals surface area contributed by atoms with E-state index in [0.29, 0.717) is 5.92 Å². The van der Waals surface area contributed by atoms with Gasteiger partial charge in [0.25, 0.3) is 0 Å². The number of hydrogen-bond acceptors (Lipinski definition) is 1. The Labute approximate surface area is 87.5 Å². The topological polar surface area (TPSA) is 29.1 Å². The van der Waals surface area contributed by atoms with Gasteiger partial charge in [-0.3, -0.25) is 4.79 Å². The number of nitrogens with one attached hydrogen (secondary N) is 1. The third-order valence-electron chi connectivity index (χ3n) is 3.26. The van der Waals surface area contributed by atoms with Crippen molar-refractivity contribution in [3.8, 4) is 0 Å². The maximum absolute atomic E-state index is 11.9. The lowest BCUT2D eigenvalue weighted by atomic mass is 9.81. The van der Waals surface area contributed by atoms with Crippen LogP contribution in [0.3, 0.4) is 0 Å². The van der Waals surface area contributed by atoms with E-state index >= 15 is 0 Å². The molecule has 82 valence electrons. The van der Waals surface area contributed by atoms with Gasteiger partial charge in [-0.2, -0.15) is 0 Å². The predicted molar refractivity (Wildman–Crippen MR) is 59.0 cm³/mol. The standard InChI is InChI=1S/C12H23NO/c1-9(2)8-13-11(14)10-6-5-7-12(10,3)4/h9-10H,5-8H2,1-4H3,(H,13,14). The van der Waals surface area contributed by atoms with Gasteiger partial charge in [-0.05, 0) is 24.2 Å². The van der Waals surface area contributed by atoms with Crippen LogP contribution in [0.15, 0.2) is 0 Å². The van der Waals surface area contributed by atoms with Crippen LogP contribution in [0.2, 0.25) is 0 Å². The van der Waals surface area contributed by atoms with Gasteiger partial charge in [-0.25, -0.2) is 0 Å². The summed E-state index contributed by atoms with van der Waals surface area (Å²) < 4.78 is 0. The molecule has 0 aromatic carbocycles. The van der Waals surface area contributed by atoms with Crippen LogP contribution in [0.25, 0.3) is 0 Å². The monoisotopic (exact) mass is 197 g/mol. The second-order valence-corrected chi connectivity index (χ2v) is 5.57. The molecule has 0 aliphatic heterocycles. The van der Waals surface area contributed by atoms with E-state index in [0.717, 1.165) is 13.0 Å². The highest BCUT2D eigenvalue weighted by molar-refractivity contribution is 5.79. The minimum absolute atomic E-state index is 0.209. The van der Waals surface area contributed by atoms with E-state index in [1.807, 2.05) is 0 Å². The predicted octanol–water partition coefficient (Wildman–Crippen LogP) is 2.58. The maximum atomic E-state index is 11.9. The lowest BCUT2D eigenvalue weighted by Crippen LogP contribution is -2.37. The van der Waals surface area contributed by atoms with E-state index in [1.54, 1.807) is 0 Å². The molecule has 1 rings (SSSR count). The third-order valence-corrected chi connectivity index (χ3v) is 3.26. The first kappa shape index (κ1) is 11.5. The number of carbonyl (C=O) groups is 1. The smallest absolute Gasteiger partial charge is 0.223 e. The molecule has 0 radical (unpaired) electrons. The molecule has 1 amide bonds. The van der Waals surface area contributed by atoms with E-state index < -0.39 is 0 Å². The minimum Gasteiger partial charge on any atom is -0.356 e. The van der Waals surface area contributed by atoms with E-state index in [-0.39, 0.29) is 17.2 Å². The summed E-state index contributed by atoms with van der Waals surface area (Å²) in [6.45, 7) is 9.48. The second-order valence-electron chi connectivity index (χ2n) is 5.57. The molecule has 1 unspecified atom stereocenters. The van der Waals surface area contributed by atoms with Crippen molar-refractivity contribution in [1.82, 2.24) is 5.32 Å². The average Bonchev–Trinajstić information content (AvgIpc) is 2.41. The summed E-state index contributed by atoms with van der Waals surface area (Å²) in [5.74, 6) is 1.05. The van der Waals surface area contributed by atoms with Crippen molar-refractivity contribution < 1.29 is 4.79 Å². The molecule has 0 aromatic rings. The largest absolute Gasteiger partial charge is 0.356 e. The zero-order valence-corrected chi connectivity index (χ0v) is 9.89. The normalized spacial score (nSPS) is 25.4. The summed E-state index contributed by atoms with van der Waals surface area (Å²) in [4.78, 5) is 11.9. The summed E-state index contributed by atoms with van der Waals surface area (Å²) in [5, 5.41) is 3.04. The van der Waals surface area contributed by atoms with E-state index in [2.05, 4.69) is 33.0 Å². The molecular weight excluding hydrogens is 174 g/mol. The minimum atomic E-state index is 0.209. The summed E-state index contributed by atoms with van der Waals surface area (Å²) in [6, 6.07) is 0. The Hall–Kier alpha value is -0.530. The van der Waals surface area contributed by atoms with Crippen molar-refractivity contribution in [2.45, 2.75) is 47.0 Å². The van der Waals surface area contributed by atoms with Crippen LogP contribution in [-0.2, 0) is 4.79 Å². The van der Waals surface area contributed by atoms with Crippen LogP contribution >= 0.6 is 0 Å². The Balaban J connectivity index is 2.44. The Morgan fingerprint density at radius 2 is 2.14 bits per heavy atom. The molecule has 1 aliphatic carbocycles. The molecule has 1 aliphatic rings. The van der Waals surface area contributed by atoms with Crippen LogP contribution in [0.5, 0.6) is 0 Å². The van der Waals surface area contributed by atoms with E-state index in [9.17, 15) is 4.79 Å². The quantitative estimate of drug-likeness (QED) is 0.740. The summed E-state index contributed by atoms with van der Waals surface area (Å²) in [6.07, 6.45) is 3.45. The highest BCUT2D eigenvalue weighted by atomic mass is 16.1. The molecule has 0 saturated heterocycles. The fraction of sp³-hybridized carbons (Fsp3) is 0.917. The van der Waals surface area contributed by atoms with Gasteiger partial charge in [0, 0.05) is 12.5 Å². The van der Waals surface area contributed by atoms with Gasteiger partial charge in [0.2, 0.25) is 5.91 Å². The van der Waals surface area contributed by atoms with E-state index in [4.69, 9.17) is 0 Å². The first-order chi connectivity index (χ1) is 6.43. The zero-order chi connectivity index (χ0) is 10.8. The average molecular weight is 197 g/mol. The molecule has 0 aromatic heterocycles. The Bertz CT molecular complexity index is 208. The number of carbonyl (C=O) groups excluding carboxylic acids is 1. The fourth-order valence-corrected chi connectivity index (χ4v) is 2.24. The lowest BCUT2D eigenvalue weighted by molar-refractivity contribution is -0.127. The number of amides is 1. The summed E-state index contributed by atoms with van der Waals surface area (Å²) in [7, 11) is 0. The molecule has 2 nitrogen and oxygen atoms in total. The molecule has 1 atom stereocenters. The van der Waals surface area contributed by atoms with Gasteiger partial charge in [-0.15, -0.1) is 0 Å².